The highest BCUT2D eigenvalue weighted by Gasteiger charge is 2.01. The van der Waals surface area contributed by atoms with Crippen LogP contribution in [0.15, 0.2) is 30.3 Å². The van der Waals surface area contributed by atoms with Gasteiger partial charge in [0, 0.05) is 0 Å². The summed E-state index contributed by atoms with van der Waals surface area (Å²) < 4.78 is 0. The number of rotatable bonds is 0. The summed E-state index contributed by atoms with van der Waals surface area (Å²) >= 11 is 0. The van der Waals surface area contributed by atoms with Crippen LogP contribution in [0.5, 0.6) is 5.75 Å². The van der Waals surface area contributed by atoms with E-state index in [9.17, 15) is 5.11 Å². The van der Waals surface area contributed by atoms with Gasteiger partial charge >= 0.3 is 0 Å². The Morgan fingerprint density at radius 3 is 2.46 bits per heavy atom. The van der Waals surface area contributed by atoms with E-state index in [-0.39, 0.29) is 0 Å². The van der Waals surface area contributed by atoms with Gasteiger partial charge in [-0.25, -0.2) is 0 Å². The predicted molar refractivity (Wildman–Crippen MR) is 55.1 cm³/mol. The summed E-state index contributed by atoms with van der Waals surface area (Å²) in [5.41, 5.74) is 2.33. The van der Waals surface area contributed by atoms with Crippen LogP contribution in [0.4, 0.5) is 0 Å². The molecule has 0 amide bonds. The highest BCUT2D eigenvalue weighted by molar-refractivity contribution is 5.89. The van der Waals surface area contributed by atoms with Crippen LogP contribution in [-0.2, 0) is 0 Å². The Bertz CT molecular complexity index is 458. The van der Waals surface area contributed by atoms with E-state index >= 15 is 0 Å². The molecule has 66 valence electrons. The van der Waals surface area contributed by atoms with Gasteiger partial charge in [0.2, 0.25) is 0 Å². The van der Waals surface area contributed by atoms with Gasteiger partial charge in [0.15, 0.2) is 0 Å². The van der Waals surface area contributed by atoms with Crippen LogP contribution in [-0.4, -0.2) is 5.11 Å². The number of benzene rings is 2. The molecule has 2 aromatic rings. The summed E-state index contributed by atoms with van der Waals surface area (Å²) in [6.45, 7) is 4.07. The largest absolute Gasteiger partial charge is 0.508 e. The molecule has 0 aliphatic heterocycles. The van der Waals surface area contributed by atoms with Crippen LogP contribution in [0.1, 0.15) is 11.1 Å². The van der Waals surface area contributed by atoms with Gasteiger partial charge in [-0.05, 0) is 47.9 Å². The standard InChI is InChI=1S/C12H12O/c1-8-4-3-5-11-9(2)6-10(13)7-12(8)11/h3-7,13H,1-2H3. The van der Waals surface area contributed by atoms with E-state index in [0.29, 0.717) is 5.75 Å². The maximum Gasteiger partial charge on any atom is 0.116 e. The monoisotopic (exact) mass is 172 g/mol. The molecule has 0 aliphatic carbocycles. The number of hydrogen-bond donors (Lipinski definition) is 1. The Kier molecular flexibility index (Phi) is 1.73. The van der Waals surface area contributed by atoms with Crippen LogP contribution in [0, 0.1) is 13.8 Å². The van der Waals surface area contributed by atoms with Crippen molar-refractivity contribution in [2.75, 3.05) is 0 Å². The molecule has 0 bridgehead atoms. The van der Waals surface area contributed by atoms with Crippen LogP contribution < -0.4 is 0 Å². The second-order valence-corrected chi connectivity index (χ2v) is 3.43. The van der Waals surface area contributed by atoms with Gasteiger partial charge in [-0.15, -0.1) is 0 Å². The number of phenols is 1. The van der Waals surface area contributed by atoms with Crippen molar-refractivity contribution in [3.8, 4) is 5.75 Å². The Labute approximate surface area is 77.6 Å². The minimum absolute atomic E-state index is 0.347. The van der Waals surface area contributed by atoms with Crippen molar-refractivity contribution in [3.05, 3.63) is 41.5 Å². The van der Waals surface area contributed by atoms with E-state index in [1.807, 2.05) is 19.1 Å². The van der Waals surface area contributed by atoms with Crippen LogP contribution >= 0.6 is 0 Å². The molecular weight excluding hydrogens is 160 g/mol. The third-order valence-electron chi connectivity index (χ3n) is 2.41. The minimum atomic E-state index is 0.347. The molecule has 2 rings (SSSR count). The molecule has 0 saturated heterocycles. The summed E-state index contributed by atoms with van der Waals surface area (Å²) in [6.07, 6.45) is 0. The smallest absolute Gasteiger partial charge is 0.116 e. The average molecular weight is 172 g/mol. The zero-order chi connectivity index (χ0) is 9.42. The summed E-state index contributed by atoms with van der Waals surface area (Å²) in [5, 5.41) is 11.8. The second-order valence-electron chi connectivity index (χ2n) is 3.43. The summed E-state index contributed by atoms with van der Waals surface area (Å²) in [7, 11) is 0. The molecule has 0 saturated carbocycles. The molecule has 1 heteroatoms. The first kappa shape index (κ1) is 8.11. The van der Waals surface area contributed by atoms with Crippen molar-refractivity contribution in [1.29, 1.82) is 0 Å². The van der Waals surface area contributed by atoms with Crippen LogP contribution in [0.25, 0.3) is 10.8 Å². The Balaban J connectivity index is 2.94. The summed E-state index contributed by atoms with van der Waals surface area (Å²) in [5.74, 6) is 0.347. The Morgan fingerprint density at radius 1 is 0.923 bits per heavy atom. The van der Waals surface area contributed by atoms with E-state index in [1.165, 1.54) is 10.9 Å². The van der Waals surface area contributed by atoms with Crippen LogP contribution in [0.2, 0.25) is 0 Å². The first-order valence-electron chi connectivity index (χ1n) is 4.37. The van der Waals surface area contributed by atoms with Gasteiger partial charge < -0.3 is 5.11 Å². The Morgan fingerprint density at radius 2 is 1.69 bits per heavy atom. The molecule has 0 heterocycles. The number of aryl methyl sites for hydroxylation is 2. The van der Waals surface area contributed by atoms with E-state index in [0.717, 1.165) is 10.9 Å². The molecule has 0 aliphatic rings. The topological polar surface area (TPSA) is 20.2 Å². The van der Waals surface area contributed by atoms with E-state index in [2.05, 4.69) is 19.1 Å². The molecule has 0 radical (unpaired) electrons. The number of hydrogen-bond acceptors (Lipinski definition) is 1. The first-order chi connectivity index (χ1) is 6.18. The number of phenolic OH excluding ortho intramolecular Hbond substituents is 1. The van der Waals surface area contributed by atoms with Crippen molar-refractivity contribution in [2.24, 2.45) is 0 Å². The highest BCUT2D eigenvalue weighted by Crippen LogP contribution is 2.26. The fraction of sp³-hybridized carbons (Fsp3) is 0.167. The third kappa shape index (κ3) is 1.26. The van der Waals surface area contributed by atoms with E-state index in [4.69, 9.17) is 0 Å². The molecule has 0 aromatic heterocycles. The maximum atomic E-state index is 9.44. The minimum Gasteiger partial charge on any atom is -0.508 e. The lowest BCUT2D eigenvalue weighted by Gasteiger charge is -2.05. The molecule has 0 atom stereocenters. The fourth-order valence-corrected chi connectivity index (χ4v) is 1.71. The molecular formula is C12H12O. The zero-order valence-corrected chi connectivity index (χ0v) is 7.83. The SMILES string of the molecule is Cc1cc(O)cc2c(C)cccc12. The molecule has 0 spiro atoms. The van der Waals surface area contributed by atoms with Gasteiger partial charge in [-0.2, -0.15) is 0 Å². The lowest BCUT2D eigenvalue weighted by atomic mass is 10.0. The summed E-state index contributed by atoms with van der Waals surface area (Å²) in [6, 6.07) is 9.79. The first-order valence-corrected chi connectivity index (χ1v) is 4.37. The van der Waals surface area contributed by atoms with Crippen molar-refractivity contribution < 1.29 is 5.11 Å². The molecule has 0 fully saturated rings. The van der Waals surface area contributed by atoms with Crippen molar-refractivity contribution >= 4 is 10.8 Å². The van der Waals surface area contributed by atoms with Crippen molar-refractivity contribution in [2.45, 2.75) is 13.8 Å². The quantitative estimate of drug-likeness (QED) is 0.647. The fourth-order valence-electron chi connectivity index (χ4n) is 1.71. The van der Waals surface area contributed by atoms with E-state index < -0.39 is 0 Å². The average Bonchev–Trinajstić information content (AvgIpc) is 2.07. The van der Waals surface area contributed by atoms with Gasteiger partial charge in [-0.1, -0.05) is 18.2 Å². The predicted octanol–water partition coefficient (Wildman–Crippen LogP) is 3.16. The van der Waals surface area contributed by atoms with Crippen molar-refractivity contribution in [1.82, 2.24) is 0 Å². The normalized spacial score (nSPS) is 10.6. The molecule has 1 N–H and O–H groups in total. The maximum absolute atomic E-state index is 9.44. The van der Waals surface area contributed by atoms with E-state index in [1.54, 1.807) is 6.07 Å². The third-order valence-corrected chi connectivity index (χ3v) is 2.41. The molecule has 1 nitrogen and oxygen atoms in total. The van der Waals surface area contributed by atoms with Crippen LogP contribution in [0.3, 0.4) is 0 Å². The van der Waals surface area contributed by atoms with Gasteiger partial charge in [0.25, 0.3) is 0 Å². The lowest BCUT2D eigenvalue weighted by Crippen LogP contribution is -1.81. The molecule has 2 aromatic carbocycles. The molecule has 0 unspecified atom stereocenters. The zero-order valence-electron chi connectivity index (χ0n) is 7.83. The van der Waals surface area contributed by atoms with Gasteiger partial charge in [0.1, 0.15) is 5.75 Å². The number of aromatic hydroxyl groups is 1. The summed E-state index contributed by atoms with van der Waals surface area (Å²) in [4.78, 5) is 0. The van der Waals surface area contributed by atoms with Crippen molar-refractivity contribution in [3.63, 3.8) is 0 Å². The lowest BCUT2D eigenvalue weighted by molar-refractivity contribution is 0.476. The second kappa shape index (κ2) is 2.77. The Hall–Kier alpha value is -1.50. The number of fused-ring (bicyclic) bond motifs is 1. The van der Waals surface area contributed by atoms with Gasteiger partial charge in [0.05, 0.1) is 0 Å². The highest BCUT2D eigenvalue weighted by atomic mass is 16.3. The molecule has 13 heavy (non-hydrogen) atoms. The van der Waals surface area contributed by atoms with Gasteiger partial charge in [-0.3, -0.25) is 0 Å².